The highest BCUT2D eigenvalue weighted by Crippen LogP contribution is 2.14. The standard InChI is InChI=1S/C8H16O2/c1-4-6(2)5-7(3)8(9)10/h6-7H,4-5H2,1-3H3,(H,9,10)/t6?,7-/m1/s1. The summed E-state index contributed by atoms with van der Waals surface area (Å²) in [6, 6.07) is 0. The van der Waals surface area contributed by atoms with Crippen LogP contribution in [0.2, 0.25) is 0 Å². The normalized spacial score (nSPS) is 16.3. The third-order valence-electron chi connectivity index (χ3n) is 1.87. The molecule has 0 aliphatic heterocycles. The highest BCUT2D eigenvalue weighted by molar-refractivity contribution is 5.69. The van der Waals surface area contributed by atoms with Gasteiger partial charge in [-0.05, 0) is 12.3 Å². The van der Waals surface area contributed by atoms with Crippen LogP contribution in [0.3, 0.4) is 0 Å². The molecule has 60 valence electrons. The number of carboxylic acid groups (broad SMARTS) is 1. The van der Waals surface area contributed by atoms with Crippen molar-refractivity contribution in [2.24, 2.45) is 11.8 Å². The van der Waals surface area contributed by atoms with E-state index in [4.69, 9.17) is 5.11 Å². The molecule has 0 heterocycles. The molecule has 1 unspecified atom stereocenters. The van der Waals surface area contributed by atoms with Crippen LogP contribution in [0, 0.1) is 11.8 Å². The first-order valence-corrected chi connectivity index (χ1v) is 3.80. The third kappa shape index (κ3) is 3.49. The number of carboxylic acids is 1. The van der Waals surface area contributed by atoms with E-state index < -0.39 is 5.97 Å². The smallest absolute Gasteiger partial charge is 0.306 e. The first-order valence-electron chi connectivity index (χ1n) is 3.80. The minimum Gasteiger partial charge on any atom is -0.481 e. The van der Waals surface area contributed by atoms with Gasteiger partial charge in [0.1, 0.15) is 0 Å². The molecule has 0 bridgehead atoms. The Kier molecular flexibility index (Phi) is 4.08. The van der Waals surface area contributed by atoms with E-state index in [0.717, 1.165) is 12.8 Å². The van der Waals surface area contributed by atoms with Gasteiger partial charge < -0.3 is 5.11 Å². The van der Waals surface area contributed by atoms with E-state index in [1.807, 2.05) is 0 Å². The van der Waals surface area contributed by atoms with Crippen LogP contribution in [-0.4, -0.2) is 11.1 Å². The van der Waals surface area contributed by atoms with Gasteiger partial charge in [0.15, 0.2) is 0 Å². The van der Waals surface area contributed by atoms with Crippen molar-refractivity contribution in [3.8, 4) is 0 Å². The predicted octanol–water partition coefficient (Wildman–Crippen LogP) is 2.14. The Morgan fingerprint density at radius 2 is 2.00 bits per heavy atom. The predicted molar refractivity (Wildman–Crippen MR) is 40.9 cm³/mol. The van der Waals surface area contributed by atoms with Crippen molar-refractivity contribution >= 4 is 5.97 Å². The van der Waals surface area contributed by atoms with Crippen molar-refractivity contribution < 1.29 is 9.90 Å². The lowest BCUT2D eigenvalue weighted by molar-refractivity contribution is -0.141. The van der Waals surface area contributed by atoms with Crippen molar-refractivity contribution in [1.82, 2.24) is 0 Å². The number of aliphatic carboxylic acids is 1. The van der Waals surface area contributed by atoms with Crippen LogP contribution < -0.4 is 0 Å². The lowest BCUT2D eigenvalue weighted by Crippen LogP contribution is -2.12. The minimum absolute atomic E-state index is 0.185. The summed E-state index contributed by atoms with van der Waals surface area (Å²) in [5.41, 5.74) is 0. The summed E-state index contributed by atoms with van der Waals surface area (Å²) in [4.78, 5) is 10.4. The summed E-state index contributed by atoms with van der Waals surface area (Å²) in [7, 11) is 0. The lowest BCUT2D eigenvalue weighted by Gasteiger charge is -2.10. The van der Waals surface area contributed by atoms with Crippen LogP contribution in [-0.2, 0) is 4.79 Å². The Bertz CT molecular complexity index is 110. The second-order valence-electron chi connectivity index (χ2n) is 2.99. The number of hydrogen-bond acceptors (Lipinski definition) is 1. The maximum Gasteiger partial charge on any atom is 0.306 e. The molecular weight excluding hydrogens is 128 g/mol. The molecule has 0 spiro atoms. The largest absolute Gasteiger partial charge is 0.481 e. The van der Waals surface area contributed by atoms with Gasteiger partial charge in [0.05, 0.1) is 5.92 Å². The van der Waals surface area contributed by atoms with Gasteiger partial charge in [-0.2, -0.15) is 0 Å². The monoisotopic (exact) mass is 144 g/mol. The molecule has 0 amide bonds. The van der Waals surface area contributed by atoms with E-state index >= 15 is 0 Å². The first kappa shape index (κ1) is 9.47. The molecule has 2 atom stereocenters. The van der Waals surface area contributed by atoms with E-state index in [1.165, 1.54) is 0 Å². The zero-order chi connectivity index (χ0) is 8.15. The van der Waals surface area contributed by atoms with Gasteiger partial charge in [0.2, 0.25) is 0 Å². The van der Waals surface area contributed by atoms with Gasteiger partial charge in [0, 0.05) is 0 Å². The van der Waals surface area contributed by atoms with Crippen molar-refractivity contribution in [2.45, 2.75) is 33.6 Å². The SMILES string of the molecule is CCC(C)C[C@@H](C)C(=O)O. The Morgan fingerprint density at radius 3 is 2.30 bits per heavy atom. The Labute approximate surface area is 62.2 Å². The molecule has 0 fully saturated rings. The van der Waals surface area contributed by atoms with Crippen molar-refractivity contribution in [3.05, 3.63) is 0 Å². The van der Waals surface area contributed by atoms with Gasteiger partial charge in [0.25, 0.3) is 0 Å². The summed E-state index contributed by atoms with van der Waals surface area (Å²) < 4.78 is 0. The van der Waals surface area contributed by atoms with E-state index in [-0.39, 0.29) is 5.92 Å². The quantitative estimate of drug-likeness (QED) is 0.656. The van der Waals surface area contributed by atoms with Crippen LogP contribution >= 0.6 is 0 Å². The molecule has 0 saturated heterocycles. The van der Waals surface area contributed by atoms with Gasteiger partial charge in [-0.25, -0.2) is 0 Å². The summed E-state index contributed by atoms with van der Waals surface area (Å²) in [6.07, 6.45) is 1.86. The fraction of sp³-hybridized carbons (Fsp3) is 0.875. The number of rotatable bonds is 4. The fourth-order valence-electron chi connectivity index (χ4n) is 0.871. The first-order chi connectivity index (χ1) is 4.57. The molecular formula is C8H16O2. The highest BCUT2D eigenvalue weighted by Gasteiger charge is 2.13. The number of carbonyl (C=O) groups is 1. The summed E-state index contributed by atoms with van der Waals surface area (Å²) >= 11 is 0. The lowest BCUT2D eigenvalue weighted by atomic mass is 9.96. The third-order valence-corrected chi connectivity index (χ3v) is 1.87. The van der Waals surface area contributed by atoms with Gasteiger partial charge in [-0.3, -0.25) is 4.79 Å². The molecule has 0 saturated carbocycles. The van der Waals surface area contributed by atoms with Crippen molar-refractivity contribution in [1.29, 1.82) is 0 Å². The Hall–Kier alpha value is -0.530. The second-order valence-corrected chi connectivity index (χ2v) is 2.99. The molecule has 0 aromatic carbocycles. The maximum absolute atomic E-state index is 10.4. The molecule has 0 rings (SSSR count). The zero-order valence-corrected chi connectivity index (χ0v) is 6.92. The minimum atomic E-state index is -0.680. The van der Waals surface area contributed by atoms with E-state index in [9.17, 15) is 4.79 Å². The molecule has 0 aliphatic rings. The molecule has 1 N–H and O–H groups in total. The highest BCUT2D eigenvalue weighted by atomic mass is 16.4. The summed E-state index contributed by atoms with van der Waals surface area (Å²) in [5, 5.41) is 8.53. The van der Waals surface area contributed by atoms with E-state index in [1.54, 1.807) is 6.92 Å². The molecule has 2 nitrogen and oxygen atoms in total. The Morgan fingerprint density at radius 1 is 1.50 bits per heavy atom. The van der Waals surface area contributed by atoms with Crippen molar-refractivity contribution in [3.63, 3.8) is 0 Å². The second kappa shape index (κ2) is 4.31. The molecule has 10 heavy (non-hydrogen) atoms. The van der Waals surface area contributed by atoms with E-state index in [2.05, 4.69) is 13.8 Å². The average molecular weight is 144 g/mol. The molecule has 0 radical (unpaired) electrons. The maximum atomic E-state index is 10.4. The molecule has 0 aliphatic carbocycles. The summed E-state index contributed by atoms with van der Waals surface area (Å²) in [6.45, 7) is 5.92. The van der Waals surface area contributed by atoms with Crippen LogP contribution in [0.1, 0.15) is 33.6 Å². The Balaban J connectivity index is 3.56. The summed E-state index contributed by atoms with van der Waals surface area (Å²) in [5.74, 6) is -0.332. The average Bonchev–Trinajstić information content (AvgIpc) is 1.87. The van der Waals surface area contributed by atoms with Gasteiger partial charge >= 0.3 is 5.97 Å². The van der Waals surface area contributed by atoms with Crippen LogP contribution in [0.5, 0.6) is 0 Å². The molecule has 0 aromatic rings. The van der Waals surface area contributed by atoms with Crippen LogP contribution in [0.15, 0.2) is 0 Å². The van der Waals surface area contributed by atoms with Crippen LogP contribution in [0.25, 0.3) is 0 Å². The fourth-order valence-corrected chi connectivity index (χ4v) is 0.871. The van der Waals surface area contributed by atoms with Crippen LogP contribution in [0.4, 0.5) is 0 Å². The van der Waals surface area contributed by atoms with E-state index in [0.29, 0.717) is 5.92 Å². The topological polar surface area (TPSA) is 37.3 Å². The number of hydrogen-bond donors (Lipinski definition) is 1. The molecule has 2 heteroatoms. The zero-order valence-electron chi connectivity index (χ0n) is 6.92. The van der Waals surface area contributed by atoms with Gasteiger partial charge in [-0.1, -0.05) is 27.2 Å². The molecule has 0 aromatic heterocycles. The van der Waals surface area contributed by atoms with Crippen molar-refractivity contribution in [2.75, 3.05) is 0 Å². The van der Waals surface area contributed by atoms with Gasteiger partial charge in [-0.15, -0.1) is 0 Å².